The number of ether oxygens (including phenoxy) is 2. The van der Waals surface area contributed by atoms with Crippen LogP contribution in [0.1, 0.15) is 37.9 Å². The van der Waals surface area contributed by atoms with E-state index in [4.69, 9.17) is 9.47 Å². The van der Waals surface area contributed by atoms with E-state index in [-0.39, 0.29) is 12.1 Å². The van der Waals surface area contributed by atoms with E-state index in [9.17, 15) is 14.4 Å². The summed E-state index contributed by atoms with van der Waals surface area (Å²) in [6.45, 7) is 7.24. The van der Waals surface area contributed by atoms with E-state index in [1.54, 1.807) is 24.5 Å². The molecular formula is C29H32N4O5. The van der Waals surface area contributed by atoms with Crippen molar-refractivity contribution in [2.24, 2.45) is 0 Å². The summed E-state index contributed by atoms with van der Waals surface area (Å²) in [5, 5.41) is 4.80. The van der Waals surface area contributed by atoms with E-state index >= 15 is 0 Å². The lowest BCUT2D eigenvalue weighted by molar-refractivity contribution is -0.141. The van der Waals surface area contributed by atoms with E-state index in [0.29, 0.717) is 30.4 Å². The van der Waals surface area contributed by atoms with Crippen molar-refractivity contribution >= 4 is 28.1 Å². The molecule has 0 saturated carbocycles. The molecule has 0 spiro atoms. The molecule has 0 radical (unpaired) electrons. The van der Waals surface area contributed by atoms with E-state index in [1.807, 2.05) is 49.9 Å². The van der Waals surface area contributed by atoms with Crippen molar-refractivity contribution in [3.05, 3.63) is 80.5 Å². The maximum atomic E-state index is 12.6. The summed E-state index contributed by atoms with van der Waals surface area (Å²) >= 11 is 0. The molecule has 1 N–H and O–H groups in total. The van der Waals surface area contributed by atoms with Crippen LogP contribution in [0, 0.1) is 6.92 Å². The van der Waals surface area contributed by atoms with E-state index < -0.39 is 22.9 Å². The van der Waals surface area contributed by atoms with Crippen LogP contribution in [-0.2, 0) is 16.0 Å². The van der Waals surface area contributed by atoms with Gasteiger partial charge in [-0.15, -0.1) is 0 Å². The predicted molar refractivity (Wildman–Crippen MR) is 148 cm³/mol. The van der Waals surface area contributed by atoms with Crippen LogP contribution in [0.3, 0.4) is 0 Å². The molecule has 198 valence electrons. The maximum absolute atomic E-state index is 12.6. The zero-order valence-electron chi connectivity index (χ0n) is 22.1. The third-order valence-electron chi connectivity index (χ3n) is 6.30. The average Bonchev–Trinajstić information content (AvgIpc) is 2.92. The normalized spacial score (nSPS) is 11.9. The zero-order chi connectivity index (χ0) is 27.2. The lowest BCUT2D eigenvalue weighted by atomic mass is 10.0. The highest BCUT2D eigenvalue weighted by molar-refractivity contribution is 5.86. The second-order valence-electron chi connectivity index (χ2n) is 9.20. The molecule has 38 heavy (non-hydrogen) atoms. The van der Waals surface area contributed by atoms with E-state index in [1.165, 1.54) is 7.11 Å². The van der Waals surface area contributed by atoms with Crippen LogP contribution in [-0.4, -0.2) is 42.2 Å². The van der Waals surface area contributed by atoms with Crippen LogP contribution >= 0.6 is 0 Å². The molecule has 0 bridgehead atoms. The molecule has 4 rings (SSSR count). The Hall–Kier alpha value is -4.27. The summed E-state index contributed by atoms with van der Waals surface area (Å²) in [5.41, 5.74) is 1.05. The molecule has 0 fully saturated rings. The summed E-state index contributed by atoms with van der Waals surface area (Å²) in [7, 11) is 1.30. The number of benzene rings is 1. The van der Waals surface area contributed by atoms with Crippen molar-refractivity contribution in [2.45, 2.75) is 46.1 Å². The Balaban J connectivity index is 1.53. The van der Waals surface area contributed by atoms with Crippen molar-refractivity contribution in [2.75, 3.05) is 30.4 Å². The van der Waals surface area contributed by atoms with Gasteiger partial charge in [0, 0.05) is 37.6 Å². The largest absolute Gasteiger partial charge is 0.467 e. The SMILES string of the molecule is CCCN(CCC)c1c(N[C@@H](Cc2ccc(Oc3nc(C)cc4ccncc34)cc2)C(=O)OC)c(=O)c1=O. The van der Waals surface area contributed by atoms with Gasteiger partial charge >= 0.3 is 5.97 Å². The molecule has 0 unspecified atom stereocenters. The standard InChI is InChI=1S/C29H32N4O5/c1-5-13-33(14-6-2)25-24(26(34)27(25)35)32-23(29(36)37-4)16-19-7-9-21(10-8-19)38-28-22-17-30-12-11-20(22)15-18(3)31-28/h7-12,15,17,23,32H,5-6,13-14,16H2,1-4H3/t23-/m0/s1. The number of anilines is 2. The Kier molecular flexibility index (Phi) is 8.35. The van der Waals surface area contributed by atoms with Crippen LogP contribution in [0.5, 0.6) is 11.6 Å². The average molecular weight is 517 g/mol. The van der Waals surface area contributed by atoms with Gasteiger partial charge in [0.1, 0.15) is 23.2 Å². The van der Waals surface area contributed by atoms with Crippen molar-refractivity contribution in [3.8, 4) is 11.6 Å². The molecule has 0 aliphatic rings. The lowest BCUT2D eigenvalue weighted by Gasteiger charge is -2.28. The van der Waals surface area contributed by atoms with Gasteiger partial charge in [-0.3, -0.25) is 14.6 Å². The molecule has 4 aromatic rings. The molecule has 9 heteroatoms. The van der Waals surface area contributed by atoms with Gasteiger partial charge in [-0.2, -0.15) is 0 Å². The second kappa shape index (κ2) is 11.9. The van der Waals surface area contributed by atoms with Gasteiger partial charge < -0.3 is 19.7 Å². The molecule has 0 aliphatic heterocycles. The third-order valence-corrected chi connectivity index (χ3v) is 6.30. The quantitative estimate of drug-likeness (QED) is 0.219. The minimum Gasteiger partial charge on any atom is -0.467 e. The fourth-order valence-electron chi connectivity index (χ4n) is 4.51. The number of nitrogens with one attached hydrogen (secondary N) is 1. The summed E-state index contributed by atoms with van der Waals surface area (Å²) in [6.07, 6.45) is 5.36. The minimum absolute atomic E-state index is 0.179. The third kappa shape index (κ3) is 5.66. The first kappa shape index (κ1) is 26.8. The molecule has 2 heterocycles. The Morgan fingerprint density at radius 3 is 2.42 bits per heavy atom. The number of carbonyl (C=O) groups excluding carboxylic acids is 1. The first-order chi connectivity index (χ1) is 18.4. The van der Waals surface area contributed by atoms with Crippen molar-refractivity contribution in [3.63, 3.8) is 0 Å². The number of aromatic nitrogens is 2. The van der Waals surface area contributed by atoms with Gasteiger partial charge in [0.05, 0.1) is 12.5 Å². The number of hydrogen-bond donors (Lipinski definition) is 1. The Morgan fingerprint density at radius 1 is 1.05 bits per heavy atom. The first-order valence-corrected chi connectivity index (χ1v) is 12.8. The molecule has 9 nitrogen and oxygen atoms in total. The number of esters is 1. The van der Waals surface area contributed by atoms with Crippen molar-refractivity contribution in [1.82, 2.24) is 9.97 Å². The predicted octanol–water partition coefficient (Wildman–Crippen LogP) is 4.15. The monoisotopic (exact) mass is 516 g/mol. The number of nitrogens with zero attached hydrogens (tertiary/aromatic N) is 3. The maximum Gasteiger partial charge on any atom is 0.328 e. The van der Waals surface area contributed by atoms with Crippen molar-refractivity contribution in [1.29, 1.82) is 0 Å². The Bertz CT molecular complexity index is 1490. The summed E-state index contributed by atoms with van der Waals surface area (Å²) in [5.74, 6) is 0.523. The van der Waals surface area contributed by atoms with Crippen LogP contribution in [0.4, 0.5) is 11.4 Å². The van der Waals surface area contributed by atoms with Gasteiger partial charge in [-0.05, 0) is 55.0 Å². The van der Waals surface area contributed by atoms with Crippen molar-refractivity contribution < 1.29 is 14.3 Å². The van der Waals surface area contributed by atoms with Gasteiger partial charge in [0.15, 0.2) is 0 Å². The highest BCUT2D eigenvalue weighted by Gasteiger charge is 2.30. The highest BCUT2D eigenvalue weighted by atomic mass is 16.5. The number of pyridine rings is 2. The van der Waals surface area contributed by atoms with Crippen LogP contribution in [0.15, 0.2) is 58.4 Å². The summed E-state index contributed by atoms with van der Waals surface area (Å²) in [4.78, 5) is 48.1. The van der Waals surface area contributed by atoms with Crippen LogP contribution < -0.4 is 25.8 Å². The van der Waals surface area contributed by atoms with Gasteiger partial charge in [-0.25, -0.2) is 9.78 Å². The number of methoxy groups -OCH3 is 1. The smallest absolute Gasteiger partial charge is 0.328 e. The zero-order valence-corrected chi connectivity index (χ0v) is 22.1. The molecule has 0 aliphatic carbocycles. The van der Waals surface area contributed by atoms with Gasteiger partial charge in [-0.1, -0.05) is 26.0 Å². The van der Waals surface area contributed by atoms with E-state index in [2.05, 4.69) is 15.3 Å². The molecule has 0 saturated heterocycles. The minimum atomic E-state index is -0.840. The number of aryl methyl sites for hydroxylation is 1. The highest BCUT2D eigenvalue weighted by Crippen LogP contribution is 2.29. The fourth-order valence-corrected chi connectivity index (χ4v) is 4.51. The number of fused-ring (bicyclic) bond motifs is 1. The Morgan fingerprint density at radius 2 is 1.76 bits per heavy atom. The molecule has 0 amide bonds. The number of hydrogen-bond acceptors (Lipinski definition) is 9. The van der Waals surface area contributed by atoms with E-state index in [0.717, 1.165) is 34.9 Å². The second-order valence-corrected chi connectivity index (χ2v) is 9.20. The summed E-state index contributed by atoms with van der Waals surface area (Å²) < 4.78 is 11.0. The molecule has 1 atom stereocenters. The molecular weight excluding hydrogens is 484 g/mol. The molecule has 2 aromatic heterocycles. The summed E-state index contributed by atoms with van der Waals surface area (Å²) in [6, 6.07) is 10.3. The first-order valence-electron chi connectivity index (χ1n) is 12.8. The van der Waals surface area contributed by atoms with Gasteiger partial charge in [0.25, 0.3) is 10.9 Å². The molecule has 2 aromatic carbocycles. The topological polar surface area (TPSA) is 111 Å². The van der Waals surface area contributed by atoms with Gasteiger partial charge in [0.2, 0.25) is 5.88 Å². The lowest BCUT2D eigenvalue weighted by Crippen LogP contribution is -2.46. The number of rotatable bonds is 12. The Labute approximate surface area is 221 Å². The number of carbonyl (C=O) groups is 1. The van der Waals surface area contributed by atoms with Crippen LogP contribution in [0.2, 0.25) is 0 Å². The van der Waals surface area contributed by atoms with Crippen LogP contribution in [0.25, 0.3) is 10.8 Å². The fraction of sp³-hybridized carbons (Fsp3) is 0.345.